The van der Waals surface area contributed by atoms with Crippen molar-refractivity contribution in [2.24, 2.45) is 17.8 Å². The Balaban J connectivity index is 1.31. The molecule has 7 nitrogen and oxygen atoms in total. The van der Waals surface area contributed by atoms with E-state index in [4.69, 9.17) is 9.47 Å². The maximum atomic E-state index is 13.6. The van der Waals surface area contributed by atoms with E-state index in [1.54, 1.807) is 19.2 Å². The van der Waals surface area contributed by atoms with Gasteiger partial charge in [-0.25, -0.2) is 14.0 Å². The third kappa shape index (κ3) is 5.16. The molecule has 2 amide bonds. The van der Waals surface area contributed by atoms with E-state index in [0.29, 0.717) is 18.4 Å². The fraction of sp³-hybridized carbons (Fsp3) is 0.444. The van der Waals surface area contributed by atoms with Gasteiger partial charge in [-0.3, -0.25) is 4.98 Å². The number of carbonyl (C=O) groups is 2. The lowest BCUT2D eigenvalue weighted by Crippen LogP contribution is -2.52. The average molecular weight is 480 g/mol. The molecule has 0 spiro atoms. The minimum absolute atomic E-state index is 0.0681. The van der Waals surface area contributed by atoms with E-state index in [1.807, 2.05) is 24.3 Å². The van der Waals surface area contributed by atoms with Crippen LogP contribution in [0.5, 0.6) is 0 Å². The van der Waals surface area contributed by atoms with Gasteiger partial charge >= 0.3 is 12.2 Å². The largest absolute Gasteiger partial charge is 0.450 e. The van der Waals surface area contributed by atoms with E-state index >= 15 is 0 Å². The van der Waals surface area contributed by atoms with Crippen molar-refractivity contribution >= 4 is 18.3 Å². The first-order valence-electron chi connectivity index (χ1n) is 12.3. The third-order valence-electron chi connectivity index (χ3n) is 7.46. The summed E-state index contributed by atoms with van der Waals surface area (Å²) in [5.74, 6) is 0.545. The molecular weight excluding hydrogens is 449 g/mol. The van der Waals surface area contributed by atoms with Gasteiger partial charge in [0.1, 0.15) is 11.9 Å². The highest BCUT2D eigenvalue weighted by atomic mass is 19.1. The molecule has 3 aliphatic rings. The Morgan fingerprint density at radius 2 is 2.14 bits per heavy atom. The van der Waals surface area contributed by atoms with Gasteiger partial charge in [0, 0.05) is 23.7 Å². The van der Waals surface area contributed by atoms with Gasteiger partial charge in [-0.1, -0.05) is 24.3 Å². The van der Waals surface area contributed by atoms with E-state index in [0.717, 1.165) is 42.5 Å². The van der Waals surface area contributed by atoms with Crippen molar-refractivity contribution in [3.8, 4) is 11.1 Å². The average Bonchev–Trinajstić information content (AvgIpc) is 3.22. The van der Waals surface area contributed by atoms with Crippen LogP contribution in [0.25, 0.3) is 17.2 Å². The lowest BCUT2D eigenvalue weighted by atomic mass is 9.62. The lowest BCUT2D eigenvalue weighted by Gasteiger charge is -2.46. The van der Waals surface area contributed by atoms with Crippen molar-refractivity contribution in [2.75, 3.05) is 6.61 Å². The molecule has 1 aromatic carbocycles. The molecule has 6 atom stereocenters. The molecule has 1 aliphatic heterocycles. The molecule has 2 N–H and O–H groups in total. The third-order valence-corrected chi connectivity index (χ3v) is 7.46. The minimum Gasteiger partial charge on any atom is -0.450 e. The molecule has 1 aromatic heterocycles. The number of amides is 2. The Labute approximate surface area is 204 Å². The van der Waals surface area contributed by atoms with Gasteiger partial charge in [0.2, 0.25) is 0 Å². The van der Waals surface area contributed by atoms with Gasteiger partial charge in [0.15, 0.2) is 0 Å². The monoisotopic (exact) mass is 479 g/mol. The highest BCUT2D eigenvalue weighted by Crippen LogP contribution is 2.47. The first-order chi connectivity index (χ1) is 17.0. The summed E-state index contributed by atoms with van der Waals surface area (Å²) in [5, 5.41) is 5.99. The van der Waals surface area contributed by atoms with Crippen molar-refractivity contribution in [1.29, 1.82) is 0 Å². The summed E-state index contributed by atoms with van der Waals surface area (Å²) >= 11 is 0. The van der Waals surface area contributed by atoms with E-state index in [2.05, 4.69) is 21.7 Å². The molecule has 8 heteroatoms. The molecular formula is C27H30FN3O4. The van der Waals surface area contributed by atoms with Crippen molar-refractivity contribution in [3.63, 3.8) is 0 Å². The first-order valence-corrected chi connectivity index (χ1v) is 12.3. The van der Waals surface area contributed by atoms with Crippen LogP contribution < -0.4 is 10.6 Å². The van der Waals surface area contributed by atoms with Crippen molar-refractivity contribution in [3.05, 3.63) is 60.2 Å². The number of aromatic nitrogens is 1. The van der Waals surface area contributed by atoms with Gasteiger partial charge in [-0.15, -0.1) is 0 Å². The Morgan fingerprint density at radius 1 is 1.26 bits per heavy atom. The van der Waals surface area contributed by atoms with Crippen LogP contribution in [0.3, 0.4) is 0 Å². The molecule has 2 saturated carbocycles. The quantitative estimate of drug-likeness (QED) is 0.635. The summed E-state index contributed by atoms with van der Waals surface area (Å²) < 4.78 is 24.2. The van der Waals surface area contributed by atoms with Crippen LogP contribution in [0, 0.1) is 23.6 Å². The summed E-state index contributed by atoms with van der Waals surface area (Å²) in [6, 6.07) is 10.3. The number of fused-ring (bicyclic) bond motifs is 2. The first kappa shape index (κ1) is 23.3. The lowest BCUT2D eigenvalue weighted by molar-refractivity contribution is 0.0181. The second-order valence-electron chi connectivity index (χ2n) is 9.57. The van der Waals surface area contributed by atoms with Crippen LogP contribution in [0.2, 0.25) is 0 Å². The Kier molecular flexibility index (Phi) is 6.70. The summed E-state index contributed by atoms with van der Waals surface area (Å²) in [6.45, 7) is 2.14. The maximum absolute atomic E-state index is 13.6. The number of hydrogen-bond acceptors (Lipinski definition) is 5. The van der Waals surface area contributed by atoms with Gasteiger partial charge in [0.25, 0.3) is 0 Å². The number of alkyl carbamates (subject to hydrolysis) is 2. The van der Waals surface area contributed by atoms with E-state index in [-0.39, 0.29) is 42.1 Å². The second-order valence-corrected chi connectivity index (χ2v) is 9.57. The highest BCUT2D eigenvalue weighted by molar-refractivity contribution is 5.71. The Bertz CT molecular complexity index is 1110. The molecule has 184 valence electrons. The Morgan fingerprint density at radius 3 is 2.91 bits per heavy atom. The van der Waals surface area contributed by atoms with Crippen LogP contribution in [0.1, 0.15) is 38.3 Å². The van der Waals surface area contributed by atoms with Gasteiger partial charge in [-0.2, -0.15) is 0 Å². The molecule has 2 heterocycles. The SMILES string of the molecule is CCOC(=O)N[C@@H]1CC[C@@H]2[C@@H](C1)C[C@@H]1OC(=O)N[C@@H]1[C@H]2/C=C/c1ccc(-c2cccc(F)c2)cn1. The van der Waals surface area contributed by atoms with Gasteiger partial charge in [0.05, 0.1) is 18.3 Å². The van der Waals surface area contributed by atoms with Crippen LogP contribution in [-0.4, -0.2) is 42.0 Å². The van der Waals surface area contributed by atoms with Crippen LogP contribution in [-0.2, 0) is 9.47 Å². The van der Waals surface area contributed by atoms with E-state index < -0.39 is 0 Å². The molecule has 2 aromatic rings. The maximum Gasteiger partial charge on any atom is 0.407 e. The number of carbonyl (C=O) groups excluding carboxylic acids is 2. The molecule has 0 unspecified atom stereocenters. The standard InChI is InChI=1S/C27H30FN3O4/c1-2-34-26(32)30-21-9-10-22-18(13-21)14-24-25(31-27(33)35-24)23(22)11-8-20-7-6-17(15-29-20)16-4-3-5-19(28)12-16/h3-8,11-12,15,18,21-25H,2,9-10,13-14H2,1H3,(H,30,32)(H,31,33)/b11-8+/t18-,21+,22+,23-,24-,25+/m0/s1. The fourth-order valence-electron chi connectivity index (χ4n) is 5.93. The normalized spacial score (nSPS) is 29.6. The Hall–Kier alpha value is -3.42. The molecule has 0 bridgehead atoms. The summed E-state index contributed by atoms with van der Waals surface area (Å²) in [7, 11) is 0. The van der Waals surface area contributed by atoms with Gasteiger partial charge in [-0.05, 0) is 74.3 Å². The number of rotatable bonds is 5. The zero-order valence-corrected chi connectivity index (χ0v) is 19.7. The molecule has 2 aliphatic carbocycles. The molecule has 1 saturated heterocycles. The highest BCUT2D eigenvalue weighted by Gasteiger charge is 2.50. The minimum atomic E-state index is -0.372. The van der Waals surface area contributed by atoms with Crippen LogP contribution in [0.15, 0.2) is 48.7 Å². The second kappa shape index (κ2) is 10.1. The van der Waals surface area contributed by atoms with Crippen LogP contribution in [0.4, 0.5) is 14.0 Å². The number of pyridine rings is 1. The number of halogens is 1. The van der Waals surface area contributed by atoms with Crippen LogP contribution >= 0.6 is 0 Å². The number of hydrogen-bond donors (Lipinski definition) is 2. The van der Waals surface area contributed by atoms with Crippen molar-refractivity contribution < 1.29 is 23.5 Å². The zero-order chi connectivity index (χ0) is 24.4. The molecule has 0 radical (unpaired) electrons. The number of ether oxygens (including phenoxy) is 2. The van der Waals surface area contributed by atoms with Gasteiger partial charge < -0.3 is 20.1 Å². The predicted octanol–water partition coefficient (Wildman–Crippen LogP) is 4.93. The zero-order valence-electron chi connectivity index (χ0n) is 19.7. The number of nitrogens with one attached hydrogen (secondary N) is 2. The fourth-order valence-corrected chi connectivity index (χ4v) is 5.93. The summed E-state index contributed by atoms with van der Waals surface area (Å²) in [6.07, 6.45) is 8.42. The topological polar surface area (TPSA) is 89.5 Å². The van der Waals surface area contributed by atoms with Crippen molar-refractivity contribution in [1.82, 2.24) is 15.6 Å². The summed E-state index contributed by atoms with van der Waals surface area (Å²) in [4.78, 5) is 28.5. The smallest absolute Gasteiger partial charge is 0.407 e. The molecule has 3 fully saturated rings. The number of benzene rings is 1. The number of nitrogens with zero attached hydrogens (tertiary/aromatic N) is 1. The predicted molar refractivity (Wildman–Crippen MR) is 129 cm³/mol. The van der Waals surface area contributed by atoms with E-state index in [1.165, 1.54) is 12.1 Å². The van der Waals surface area contributed by atoms with E-state index in [9.17, 15) is 14.0 Å². The van der Waals surface area contributed by atoms with Crippen molar-refractivity contribution in [2.45, 2.75) is 50.8 Å². The summed E-state index contributed by atoms with van der Waals surface area (Å²) in [5.41, 5.74) is 2.43. The molecule has 5 rings (SSSR count). The molecule has 35 heavy (non-hydrogen) atoms.